The SMILES string of the molecule is CCCNCCNC(=O)c1ccsc1.Cl. The first kappa shape index (κ1) is 14.4. The van der Waals surface area contributed by atoms with Crippen LogP contribution < -0.4 is 10.6 Å². The second-order valence-corrected chi connectivity index (χ2v) is 3.80. The lowest BCUT2D eigenvalue weighted by molar-refractivity contribution is 0.0954. The van der Waals surface area contributed by atoms with E-state index < -0.39 is 0 Å². The van der Waals surface area contributed by atoms with Crippen LogP contribution in [0.4, 0.5) is 0 Å². The van der Waals surface area contributed by atoms with Crippen LogP contribution in [0, 0.1) is 0 Å². The summed E-state index contributed by atoms with van der Waals surface area (Å²) in [5.74, 6) is 0.0181. The highest BCUT2D eigenvalue weighted by Gasteiger charge is 2.03. The Labute approximate surface area is 101 Å². The fraction of sp³-hybridized carbons (Fsp3) is 0.500. The molecule has 0 spiro atoms. The number of carbonyl (C=O) groups excluding carboxylic acids is 1. The molecule has 1 aromatic heterocycles. The quantitative estimate of drug-likeness (QED) is 0.755. The number of carbonyl (C=O) groups is 1. The molecular weight excluding hydrogens is 232 g/mol. The Bertz CT molecular complexity index is 264. The Morgan fingerprint density at radius 3 is 2.80 bits per heavy atom. The summed E-state index contributed by atoms with van der Waals surface area (Å²) in [6, 6.07) is 1.83. The molecule has 0 aliphatic carbocycles. The summed E-state index contributed by atoms with van der Waals surface area (Å²) in [5, 5.41) is 9.84. The Kier molecular flexibility index (Phi) is 8.37. The third-order valence-corrected chi connectivity index (χ3v) is 2.48. The lowest BCUT2D eigenvalue weighted by Crippen LogP contribution is -2.31. The van der Waals surface area contributed by atoms with Gasteiger partial charge >= 0.3 is 0 Å². The van der Waals surface area contributed by atoms with Crippen molar-refractivity contribution in [3.63, 3.8) is 0 Å². The van der Waals surface area contributed by atoms with Gasteiger partial charge in [0.1, 0.15) is 0 Å². The Morgan fingerprint density at radius 1 is 1.40 bits per heavy atom. The summed E-state index contributed by atoms with van der Waals surface area (Å²) in [7, 11) is 0. The molecule has 0 aliphatic rings. The maximum absolute atomic E-state index is 11.4. The highest BCUT2D eigenvalue weighted by Crippen LogP contribution is 2.04. The monoisotopic (exact) mass is 248 g/mol. The third-order valence-electron chi connectivity index (χ3n) is 1.80. The zero-order valence-corrected chi connectivity index (χ0v) is 10.4. The normalized spacial score (nSPS) is 9.40. The van der Waals surface area contributed by atoms with Gasteiger partial charge in [-0.2, -0.15) is 11.3 Å². The first-order valence-electron chi connectivity index (χ1n) is 4.85. The highest BCUT2D eigenvalue weighted by atomic mass is 35.5. The number of rotatable bonds is 6. The van der Waals surface area contributed by atoms with Gasteiger partial charge in [0.25, 0.3) is 5.91 Å². The molecule has 0 aromatic carbocycles. The van der Waals surface area contributed by atoms with Crippen LogP contribution in [0.3, 0.4) is 0 Å². The van der Waals surface area contributed by atoms with Crippen molar-refractivity contribution in [1.82, 2.24) is 10.6 Å². The molecule has 0 saturated carbocycles. The smallest absolute Gasteiger partial charge is 0.252 e. The van der Waals surface area contributed by atoms with E-state index in [1.807, 2.05) is 16.8 Å². The zero-order valence-electron chi connectivity index (χ0n) is 8.79. The van der Waals surface area contributed by atoms with E-state index in [9.17, 15) is 4.79 Å². The molecule has 2 N–H and O–H groups in total. The van der Waals surface area contributed by atoms with Crippen LogP contribution >= 0.6 is 23.7 Å². The second kappa shape index (κ2) is 8.71. The average molecular weight is 249 g/mol. The van der Waals surface area contributed by atoms with Gasteiger partial charge in [-0.3, -0.25) is 4.79 Å². The van der Waals surface area contributed by atoms with Crippen LogP contribution in [-0.4, -0.2) is 25.5 Å². The minimum Gasteiger partial charge on any atom is -0.351 e. The van der Waals surface area contributed by atoms with E-state index in [0.29, 0.717) is 6.54 Å². The van der Waals surface area contributed by atoms with Crippen molar-refractivity contribution < 1.29 is 4.79 Å². The molecule has 0 unspecified atom stereocenters. The molecule has 86 valence electrons. The number of hydrogen-bond acceptors (Lipinski definition) is 3. The summed E-state index contributed by atoms with van der Waals surface area (Å²) in [5.41, 5.74) is 0.755. The maximum Gasteiger partial charge on any atom is 0.252 e. The van der Waals surface area contributed by atoms with Crippen molar-refractivity contribution in [2.24, 2.45) is 0 Å². The Balaban J connectivity index is 0.00000196. The molecule has 1 amide bonds. The van der Waals surface area contributed by atoms with Gasteiger partial charge < -0.3 is 10.6 Å². The van der Waals surface area contributed by atoms with E-state index in [1.165, 1.54) is 11.3 Å². The molecule has 0 fully saturated rings. The maximum atomic E-state index is 11.4. The molecule has 5 heteroatoms. The van der Waals surface area contributed by atoms with Crippen LogP contribution in [-0.2, 0) is 0 Å². The molecule has 15 heavy (non-hydrogen) atoms. The van der Waals surface area contributed by atoms with Gasteiger partial charge in [-0.15, -0.1) is 12.4 Å². The highest BCUT2D eigenvalue weighted by molar-refractivity contribution is 7.08. The number of nitrogens with one attached hydrogen (secondary N) is 2. The average Bonchev–Trinajstić information content (AvgIpc) is 2.70. The lowest BCUT2D eigenvalue weighted by Gasteiger charge is -2.04. The molecule has 0 aliphatic heterocycles. The molecule has 0 radical (unpaired) electrons. The predicted molar refractivity (Wildman–Crippen MR) is 67.1 cm³/mol. The summed E-state index contributed by atoms with van der Waals surface area (Å²) < 4.78 is 0. The number of halogens is 1. The topological polar surface area (TPSA) is 41.1 Å². The Morgan fingerprint density at radius 2 is 2.20 bits per heavy atom. The van der Waals surface area contributed by atoms with Gasteiger partial charge in [0, 0.05) is 24.0 Å². The summed E-state index contributed by atoms with van der Waals surface area (Å²) in [6.45, 7) is 4.66. The van der Waals surface area contributed by atoms with Crippen molar-refractivity contribution in [1.29, 1.82) is 0 Å². The van der Waals surface area contributed by atoms with E-state index in [4.69, 9.17) is 0 Å². The standard InChI is InChI=1S/C10H16N2OS.ClH/c1-2-4-11-5-6-12-10(13)9-3-7-14-8-9;/h3,7-8,11H,2,4-6H2,1H3,(H,12,13);1H. The predicted octanol–water partition coefficient (Wildman–Crippen LogP) is 1.90. The first-order chi connectivity index (χ1) is 6.84. The van der Waals surface area contributed by atoms with Gasteiger partial charge in [0.15, 0.2) is 0 Å². The molecule has 0 saturated heterocycles. The van der Waals surface area contributed by atoms with E-state index in [2.05, 4.69) is 17.6 Å². The Hall–Kier alpha value is -0.580. The van der Waals surface area contributed by atoms with Crippen molar-refractivity contribution >= 4 is 29.7 Å². The van der Waals surface area contributed by atoms with Gasteiger partial charge in [-0.25, -0.2) is 0 Å². The number of hydrogen-bond donors (Lipinski definition) is 2. The fourth-order valence-electron chi connectivity index (χ4n) is 1.06. The second-order valence-electron chi connectivity index (χ2n) is 3.02. The molecule has 1 heterocycles. The van der Waals surface area contributed by atoms with Gasteiger partial charge in [-0.1, -0.05) is 6.92 Å². The minimum atomic E-state index is 0. The van der Waals surface area contributed by atoms with Crippen molar-refractivity contribution in [2.75, 3.05) is 19.6 Å². The summed E-state index contributed by atoms with van der Waals surface area (Å²) >= 11 is 1.54. The molecule has 3 nitrogen and oxygen atoms in total. The van der Waals surface area contributed by atoms with Crippen molar-refractivity contribution in [3.05, 3.63) is 22.4 Å². The number of thiophene rings is 1. The van der Waals surface area contributed by atoms with E-state index in [-0.39, 0.29) is 18.3 Å². The molecule has 0 bridgehead atoms. The molecule has 1 rings (SSSR count). The van der Waals surface area contributed by atoms with E-state index >= 15 is 0 Å². The molecule has 1 aromatic rings. The van der Waals surface area contributed by atoms with Crippen LogP contribution in [0.1, 0.15) is 23.7 Å². The van der Waals surface area contributed by atoms with E-state index in [0.717, 1.165) is 25.1 Å². The van der Waals surface area contributed by atoms with Crippen molar-refractivity contribution in [3.8, 4) is 0 Å². The van der Waals surface area contributed by atoms with Crippen molar-refractivity contribution in [2.45, 2.75) is 13.3 Å². The third kappa shape index (κ3) is 5.77. The number of amides is 1. The van der Waals surface area contributed by atoms with Crippen LogP contribution in [0.5, 0.6) is 0 Å². The first-order valence-corrected chi connectivity index (χ1v) is 5.80. The van der Waals surface area contributed by atoms with Crippen LogP contribution in [0.2, 0.25) is 0 Å². The van der Waals surface area contributed by atoms with Crippen LogP contribution in [0.15, 0.2) is 16.8 Å². The van der Waals surface area contributed by atoms with Gasteiger partial charge in [0.2, 0.25) is 0 Å². The fourth-order valence-corrected chi connectivity index (χ4v) is 1.70. The minimum absolute atomic E-state index is 0. The molecular formula is C10H17ClN2OS. The summed E-state index contributed by atoms with van der Waals surface area (Å²) in [6.07, 6.45) is 1.12. The molecule has 0 atom stereocenters. The largest absolute Gasteiger partial charge is 0.351 e. The van der Waals surface area contributed by atoms with Gasteiger partial charge in [-0.05, 0) is 24.4 Å². The zero-order chi connectivity index (χ0) is 10.2. The summed E-state index contributed by atoms with van der Waals surface area (Å²) in [4.78, 5) is 11.4. The van der Waals surface area contributed by atoms with Gasteiger partial charge in [0.05, 0.1) is 0 Å². The van der Waals surface area contributed by atoms with Crippen LogP contribution in [0.25, 0.3) is 0 Å². The lowest BCUT2D eigenvalue weighted by atomic mass is 10.3. The van der Waals surface area contributed by atoms with E-state index in [1.54, 1.807) is 0 Å².